The monoisotopic (exact) mass is 225 g/mol. The highest BCUT2D eigenvalue weighted by Gasteiger charge is 2.15. The Hall–Kier alpha value is -1.09. The molecule has 0 fully saturated rings. The molecule has 90 valence electrons. The largest absolute Gasteiger partial charge is 0.494 e. The van der Waals surface area contributed by atoms with Crippen LogP contribution < -0.4 is 10.5 Å². The van der Waals surface area contributed by atoms with Gasteiger partial charge in [0.2, 0.25) is 0 Å². The molecule has 2 unspecified atom stereocenters. The molecule has 0 amide bonds. The molecular weight excluding hydrogens is 205 g/mol. The van der Waals surface area contributed by atoms with Crippen LogP contribution in [0.4, 0.5) is 4.39 Å². The molecular formula is C13H20FNO. The number of rotatable bonds is 5. The lowest BCUT2D eigenvalue weighted by Gasteiger charge is -2.20. The summed E-state index contributed by atoms with van der Waals surface area (Å²) in [5, 5.41) is 0. The van der Waals surface area contributed by atoms with Crippen molar-refractivity contribution in [3.8, 4) is 5.75 Å². The minimum Gasteiger partial charge on any atom is -0.494 e. The maximum Gasteiger partial charge on any atom is 0.165 e. The summed E-state index contributed by atoms with van der Waals surface area (Å²) in [6, 6.07) is 4.82. The average Bonchev–Trinajstić information content (AvgIpc) is 2.28. The van der Waals surface area contributed by atoms with Crippen molar-refractivity contribution < 1.29 is 9.13 Å². The van der Waals surface area contributed by atoms with Gasteiger partial charge in [0, 0.05) is 6.04 Å². The van der Waals surface area contributed by atoms with Gasteiger partial charge in [0.05, 0.1) is 7.11 Å². The van der Waals surface area contributed by atoms with E-state index < -0.39 is 0 Å². The maximum absolute atomic E-state index is 13.5. The van der Waals surface area contributed by atoms with E-state index in [0.717, 1.165) is 18.4 Å². The maximum atomic E-state index is 13.5. The van der Waals surface area contributed by atoms with Crippen LogP contribution in [0.15, 0.2) is 18.2 Å². The first kappa shape index (κ1) is 13.0. The van der Waals surface area contributed by atoms with Crippen LogP contribution in [0.1, 0.15) is 38.3 Å². The third-order valence-corrected chi connectivity index (χ3v) is 2.92. The predicted octanol–water partition coefficient (Wildman–Crippen LogP) is 3.27. The van der Waals surface area contributed by atoms with Gasteiger partial charge in [-0.25, -0.2) is 4.39 Å². The molecule has 0 aliphatic carbocycles. The Balaban J connectivity index is 2.84. The van der Waals surface area contributed by atoms with Gasteiger partial charge in [-0.1, -0.05) is 26.3 Å². The minimum absolute atomic E-state index is 0.111. The predicted molar refractivity (Wildman–Crippen MR) is 64.0 cm³/mol. The molecule has 0 saturated heterocycles. The first-order valence-electron chi connectivity index (χ1n) is 5.69. The van der Waals surface area contributed by atoms with Crippen molar-refractivity contribution >= 4 is 0 Å². The first-order valence-corrected chi connectivity index (χ1v) is 5.69. The van der Waals surface area contributed by atoms with Crippen LogP contribution in [-0.4, -0.2) is 7.11 Å². The zero-order chi connectivity index (χ0) is 12.1. The summed E-state index contributed by atoms with van der Waals surface area (Å²) in [5.74, 6) is 0.274. The van der Waals surface area contributed by atoms with Crippen LogP contribution in [0.5, 0.6) is 5.75 Å². The van der Waals surface area contributed by atoms with E-state index in [1.54, 1.807) is 6.07 Å². The lowest BCUT2D eigenvalue weighted by molar-refractivity contribution is 0.383. The fourth-order valence-corrected chi connectivity index (χ4v) is 1.85. The molecule has 0 heterocycles. The van der Waals surface area contributed by atoms with Gasteiger partial charge in [0.25, 0.3) is 0 Å². The third kappa shape index (κ3) is 2.95. The lowest BCUT2D eigenvalue weighted by atomic mass is 9.92. The van der Waals surface area contributed by atoms with Crippen LogP contribution in [-0.2, 0) is 0 Å². The minimum atomic E-state index is -0.348. The van der Waals surface area contributed by atoms with Gasteiger partial charge in [-0.3, -0.25) is 0 Å². The molecule has 0 spiro atoms. The lowest BCUT2D eigenvalue weighted by Crippen LogP contribution is -2.19. The highest BCUT2D eigenvalue weighted by molar-refractivity contribution is 5.31. The summed E-state index contributed by atoms with van der Waals surface area (Å²) in [4.78, 5) is 0. The molecule has 3 heteroatoms. The quantitative estimate of drug-likeness (QED) is 0.834. The number of benzene rings is 1. The van der Waals surface area contributed by atoms with Gasteiger partial charge >= 0.3 is 0 Å². The molecule has 0 aromatic heterocycles. The zero-order valence-corrected chi connectivity index (χ0v) is 10.2. The van der Waals surface area contributed by atoms with Gasteiger partial charge in [0.1, 0.15) is 0 Å². The van der Waals surface area contributed by atoms with E-state index in [1.165, 1.54) is 13.2 Å². The van der Waals surface area contributed by atoms with Crippen LogP contribution in [0.25, 0.3) is 0 Å². The second-order valence-corrected chi connectivity index (χ2v) is 4.19. The number of halogens is 1. The van der Waals surface area contributed by atoms with Crippen LogP contribution in [0, 0.1) is 11.7 Å². The van der Waals surface area contributed by atoms with Crippen molar-refractivity contribution in [2.75, 3.05) is 7.11 Å². The Morgan fingerprint density at radius 1 is 1.44 bits per heavy atom. The highest BCUT2D eigenvalue weighted by Crippen LogP contribution is 2.26. The van der Waals surface area contributed by atoms with E-state index in [0.29, 0.717) is 5.92 Å². The molecule has 2 N–H and O–H groups in total. The Morgan fingerprint density at radius 2 is 2.12 bits per heavy atom. The number of hydrogen-bond donors (Lipinski definition) is 1. The Kier molecular flexibility index (Phi) is 4.74. The summed E-state index contributed by atoms with van der Waals surface area (Å²) in [6.07, 6.45) is 2.14. The van der Waals surface area contributed by atoms with E-state index in [1.807, 2.05) is 6.07 Å². The van der Waals surface area contributed by atoms with Crippen molar-refractivity contribution in [3.63, 3.8) is 0 Å². The molecule has 1 rings (SSSR count). The number of methoxy groups -OCH3 is 1. The summed E-state index contributed by atoms with van der Waals surface area (Å²) in [7, 11) is 1.46. The number of ether oxygens (including phenoxy) is 1. The molecule has 0 aliphatic heterocycles. The topological polar surface area (TPSA) is 35.2 Å². The van der Waals surface area contributed by atoms with E-state index in [4.69, 9.17) is 10.5 Å². The molecule has 1 aromatic rings. The Labute approximate surface area is 96.6 Å². The van der Waals surface area contributed by atoms with Gasteiger partial charge in [-0.2, -0.15) is 0 Å². The molecule has 2 nitrogen and oxygen atoms in total. The second-order valence-electron chi connectivity index (χ2n) is 4.19. The van der Waals surface area contributed by atoms with Crippen LogP contribution >= 0.6 is 0 Å². The molecule has 16 heavy (non-hydrogen) atoms. The number of hydrogen-bond acceptors (Lipinski definition) is 2. The fraction of sp³-hybridized carbons (Fsp3) is 0.538. The summed E-state index contributed by atoms with van der Waals surface area (Å²) in [5.41, 5.74) is 6.91. The molecule has 0 saturated carbocycles. The number of nitrogens with two attached hydrogens (primary N) is 1. The summed E-state index contributed by atoms with van der Waals surface area (Å²) in [6.45, 7) is 4.22. The molecule has 0 bridgehead atoms. The van der Waals surface area contributed by atoms with Crippen molar-refractivity contribution in [1.82, 2.24) is 0 Å². The zero-order valence-electron chi connectivity index (χ0n) is 10.2. The first-order chi connectivity index (χ1) is 7.60. The van der Waals surface area contributed by atoms with Crippen LogP contribution in [0.2, 0.25) is 0 Å². The standard InChI is InChI=1S/C13H20FNO/c1-4-5-9(2)13(15)10-6-7-12(16-3)11(14)8-10/h6-9,13H,4-5,15H2,1-3H3. The highest BCUT2D eigenvalue weighted by atomic mass is 19.1. The molecule has 0 radical (unpaired) electrons. The SMILES string of the molecule is CCCC(C)C(N)c1ccc(OC)c(F)c1. The Morgan fingerprint density at radius 3 is 2.62 bits per heavy atom. The third-order valence-electron chi connectivity index (χ3n) is 2.92. The van der Waals surface area contributed by atoms with Gasteiger partial charge in [-0.15, -0.1) is 0 Å². The Bertz CT molecular complexity index is 341. The van der Waals surface area contributed by atoms with E-state index in [2.05, 4.69) is 13.8 Å². The van der Waals surface area contributed by atoms with Gasteiger partial charge < -0.3 is 10.5 Å². The van der Waals surface area contributed by atoms with E-state index in [9.17, 15) is 4.39 Å². The van der Waals surface area contributed by atoms with Gasteiger partial charge in [0.15, 0.2) is 11.6 Å². The summed E-state index contributed by atoms with van der Waals surface area (Å²) < 4.78 is 18.4. The van der Waals surface area contributed by atoms with Crippen molar-refractivity contribution in [1.29, 1.82) is 0 Å². The summed E-state index contributed by atoms with van der Waals surface area (Å²) >= 11 is 0. The average molecular weight is 225 g/mol. The second kappa shape index (κ2) is 5.85. The van der Waals surface area contributed by atoms with Gasteiger partial charge in [-0.05, 0) is 30.0 Å². The molecule has 0 aliphatic rings. The van der Waals surface area contributed by atoms with E-state index in [-0.39, 0.29) is 17.6 Å². The van der Waals surface area contributed by atoms with Crippen molar-refractivity contribution in [2.45, 2.75) is 32.7 Å². The smallest absolute Gasteiger partial charge is 0.165 e. The van der Waals surface area contributed by atoms with Crippen molar-refractivity contribution in [2.24, 2.45) is 11.7 Å². The van der Waals surface area contributed by atoms with E-state index >= 15 is 0 Å². The molecule has 2 atom stereocenters. The fourth-order valence-electron chi connectivity index (χ4n) is 1.85. The van der Waals surface area contributed by atoms with Crippen molar-refractivity contribution in [3.05, 3.63) is 29.6 Å². The normalized spacial score (nSPS) is 14.6. The molecule has 1 aromatic carbocycles. The van der Waals surface area contributed by atoms with Crippen LogP contribution in [0.3, 0.4) is 0 Å².